The lowest BCUT2D eigenvalue weighted by Gasteiger charge is -2.07. The zero-order valence-electron chi connectivity index (χ0n) is 13.7. The molecule has 0 aliphatic rings. The molecule has 130 valence electrons. The summed E-state index contributed by atoms with van der Waals surface area (Å²) in [5.41, 5.74) is 2.48. The number of aromatic nitrogens is 1. The van der Waals surface area contributed by atoms with Crippen LogP contribution in [0.3, 0.4) is 0 Å². The topological polar surface area (TPSA) is 56.3 Å². The SMILES string of the molecule is CCc1ccc(Oc2ccc(-c3nc(C)c(S(=O)(=O)Cl)s3)cc2)cc1. The van der Waals surface area contributed by atoms with Gasteiger partial charge in [-0.15, -0.1) is 11.3 Å². The number of ether oxygens (including phenoxy) is 1. The first-order chi connectivity index (χ1) is 11.9. The zero-order chi connectivity index (χ0) is 18.0. The van der Waals surface area contributed by atoms with Gasteiger partial charge in [-0.2, -0.15) is 0 Å². The quantitative estimate of drug-likeness (QED) is 0.544. The highest BCUT2D eigenvalue weighted by molar-refractivity contribution is 8.15. The predicted octanol–water partition coefficient (Wildman–Crippen LogP) is 5.40. The monoisotopic (exact) mass is 393 g/mol. The molecule has 0 aliphatic heterocycles. The molecule has 0 saturated heterocycles. The van der Waals surface area contributed by atoms with Crippen molar-refractivity contribution in [3.8, 4) is 22.1 Å². The van der Waals surface area contributed by atoms with Crippen molar-refractivity contribution in [3.05, 3.63) is 59.8 Å². The summed E-state index contributed by atoms with van der Waals surface area (Å²) in [5, 5.41) is 0.607. The van der Waals surface area contributed by atoms with Gasteiger partial charge in [0.1, 0.15) is 16.5 Å². The minimum atomic E-state index is -3.77. The Morgan fingerprint density at radius 2 is 1.60 bits per heavy atom. The molecule has 0 amide bonds. The molecule has 0 saturated carbocycles. The van der Waals surface area contributed by atoms with Crippen LogP contribution in [0.1, 0.15) is 18.2 Å². The Bertz CT molecular complexity index is 978. The number of halogens is 1. The lowest BCUT2D eigenvalue weighted by molar-refractivity contribution is 0.482. The van der Waals surface area contributed by atoms with Crippen LogP contribution >= 0.6 is 22.0 Å². The van der Waals surface area contributed by atoms with E-state index in [0.717, 1.165) is 29.1 Å². The van der Waals surface area contributed by atoms with E-state index in [9.17, 15) is 8.42 Å². The van der Waals surface area contributed by atoms with E-state index >= 15 is 0 Å². The summed E-state index contributed by atoms with van der Waals surface area (Å²) < 4.78 is 28.9. The molecule has 0 N–H and O–H groups in total. The fourth-order valence-electron chi connectivity index (χ4n) is 2.33. The maximum Gasteiger partial charge on any atom is 0.272 e. The standard InChI is InChI=1S/C18H16ClNO3S2/c1-3-13-4-8-15(9-5-13)23-16-10-6-14(7-11-16)17-20-12(2)18(24-17)25(19,21)22/h4-11H,3H2,1-2H3. The minimum absolute atomic E-state index is 0.0838. The molecule has 7 heteroatoms. The van der Waals surface area contributed by atoms with Gasteiger partial charge in [0.25, 0.3) is 9.05 Å². The molecule has 0 spiro atoms. The van der Waals surface area contributed by atoms with Crippen LogP contribution in [0.4, 0.5) is 0 Å². The average Bonchev–Trinajstić information content (AvgIpc) is 2.98. The van der Waals surface area contributed by atoms with E-state index in [-0.39, 0.29) is 4.21 Å². The molecule has 1 heterocycles. The summed E-state index contributed by atoms with van der Waals surface area (Å²) in [6.07, 6.45) is 0.988. The molecule has 3 rings (SSSR count). The molecule has 0 bridgehead atoms. The third kappa shape index (κ3) is 4.21. The molecule has 0 unspecified atom stereocenters. The first-order valence-corrected chi connectivity index (χ1v) is 10.8. The van der Waals surface area contributed by atoms with Crippen molar-refractivity contribution in [2.75, 3.05) is 0 Å². The van der Waals surface area contributed by atoms with Crippen LogP contribution in [-0.4, -0.2) is 13.4 Å². The second kappa shape index (κ2) is 7.15. The summed E-state index contributed by atoms with van der Waals surface area (Å²) >= 11 is 1.06. The number of nitrogens with zero attached hydrogens (tertiary/aromatic N) is 1. The Kier molecular flexibility index (Phi) is 5.13. The Hall–Kier alpha value is -1.89. The molecule has 1 aromatic heterocycles. The van der Waals surface area contributed by atoms with Crippen LogP contribution in [-0.2, 0) is 15.5 Å². The zero-order valence-corrected chi connectivity index (χ0v) is 16.1. The molecule has 0 atom stereocenters. The highest BCUT2D eigenvalue weighted by atomic mass is 35.7. The van der Waals surface area contributed by atoms with Crippen LogP contribution in [0.2, 0.25) is 0 Å². The molecule has 0 fully saturated rings. The smallest absolute Gasteiger partial charge is 0.272 e. The second-order valence-corrected chi connectivity index (χ2v) is 9.21. The van der Waals surface area contributed by atoms with Gasteiger partial charge in [0, 0.05) is 16.2 Å². The Morgan fingerprint density at radius 3 is 2.08 bits per heavy atom. The van der Waals surface area contributed by atoms with Crippen molar-refractivity contribution in [3.63, 3.8) is 0 Å². The molecule has 0 aliphatic carbocycles. The summed E-state index contributed by atoms with van der Waals surface area (Å²) in [5.74, 6) is 1.47. The number of hydrogen-bond donors (Lipinski definition) is 0. The van der Waals surface area contributed by atoms with Gasteiger partial charge in [-0.1, -0.05) is 19.1 Å². The summed E-state index contributed by atoms with van der Waals surface area (Å²) in [6, 6.07) is 15.3. The Labute approximate surface area is 155 Å². The summed E-state index contributed by atoms with van der Waals surface area (Å²) in [6.45, 7) is 3.74. The normalized spacial score (nSPS) is 11.5. The van der Waals surface area contributed by atoms with Crippen LogP contribution in [0.25, 0.3) is 10.6 Å². The van der Waals surface area contributed by atoms with Crippen molar-refractivity contribution in [1.29, 1.82) is 0 Å². The first-order valence-electron chi connectivity index (χ1n) is 7.66. The van der Waals surface area contributed by atoms with E-state index in [1.165, 1.54) is 5.56 Å². The maximum absolute atomic E-state index is 11.5. The van der Waals surface area contributed by atoms with E-state index in [1.54, 1.807) is 6.92 Å². The molecular formula is C18H16ClNO3S2. The van der Waals surface area contributed by atoms with Gasteiger partial charge in [-0.05, 0) is 55.3 Å². The van der Waals surface area contributed by atoms with Crippen LogP contribution in [0.5, 0.6) is 11.5 Å². The van der Waals surface area contributed by atoms with Crippen molar-refractivity contribution in [2.45, 2.75) is 24.5 Å². The average molecular weight is 394 g/mol. The van der Waals surface area contributed by atoms with Gasteiger partial charge in [0.2, 0.25) is 0 Å². The highest BCUT2D eigenvalue weighted by Crippen LogP contribution is 2.34. The van der Waals surface area contributed by atoms with Crippen molar-refractivity contribution in [2.24, 2.45) is 0 Å². The summed E-state index contributed by atoms with van der Waals surface area (Å²) in [7, 11) is 1.65. The van der Waals surface area contributed by atoms with Gasteiger partial charge in [0.05, 0.1) is 5.69 Å². The van der Waals surface area contributed by atoms with Crippen molar-refractivity contribution >= 4 is 31.1 Å². The fraction of sp³-hybridized carbons (Fsp3) is 0.167. The van der Waals surface area contributed by atoms with Gasteiger partial charge in [0.15, 0.2) is 4.21 Å². The number of thiazole rings is 1. The third-order valence-electron chi connectivity index (χ3n) is 3.64. The largest absolute Gasteiger partial charge is 0.457 e. The first kappa shape index (κ1) is 17.9. The highest BCUT2D eigenvalue weighted by Gasteiger charge is 2.19. The molecule has 0 radical (unpaired) electrons. The molecular weight excluding hydrogens is 378 g/mol. The van der Waals surface area contributed by atoms with E-state index < -0.39 is 9.05 Å². The number of rotatable bonds is 5. The molecule has 25 heavy (non-hydrogen) atoms. The number of benzene rings is 2. The fourth-order valence-corrected chi connectivity index (χ4v) is 4.78. The van der Waals surface area contributed by atoms with Crippen molar-refractivity contribution < 1.29 is 13.2 Å². The van der Waals surface area contributed by atoms with E-state index in [4.69, 9.17) is 15.4 Å². The Morgan fingerprint density at radius 1 is 1.04 bits per heavy atom. The second-order valence-electron chi connectivity index (χ2n) is 5.45. The molecule has 4 nitrogen and oxygen atoms in total. The third-order valence-corrected chi connectivity index (χ3v) is 7.03. The molecule has 2 aromatic carbocycles. The molecule has 3 aromatic rings. The van der Waals surface area contributed by atoms with Crippen LogP contribution in [0, 0.1) is 6.92 Å². The lowest BCUT2D eigenvalue weighted by atomic mass is 10.2. The number of aryl methyl sites for hydroxylation is 2. The van der Waals surface area contributed by atoms with Gasteiger partial charge >= 0.3 is 0 Å². The van der Waals surface area contributed by atoms with Gasteiger partial charge in [-0.25, -0.2) is 13.4 Å². The maximum atomic E-state index is 11.5. The lowest BCUT2D eigenvalue weighted by Crippen LogP contribution is -1.88. The van der Waals surface area contributed by atoms with E-state index in [0.29, 0.717) is 16.5 Å². The summed E-state index contributed by atoms with van der Waals surface area (Å²) in [4.78, 5) is 4.29. The predicted molar refractivity (Wildman–Crippen MR) is 101 cm³/mol. The van der Waals surface area contributed by atoms with E-state index in [2.05, 4.69) is 11.9 Å². The van der Waals surface area contributed by atoms with Gasteiger partial charge in [-0.3, -0.25) is 0 Å². The minimum Gasteiger partial charge on any atom is -0.457 e. The van der Waals surface area contributed by atoms with Crippen LogP contribution < -0.4 is 4.74 Å². The van der Waals surface area contributed by atoms with Crippen molar-refractivity contribution in [1.82, 2.24) is 4.98 Å². The Balaban J connectivity index is 1.80. The van der Waals surface area contributed by atoms with E-state index in [1.807, 2.05) is 48.5 Å². The van der Waals surface area contributed by atoms with Crippen LogP contribution in [0.15, 0.2) is 52.7 Å². The number of hydrogen-bond acceptors (Lipinski definition) is 5. The van der Waals surface area contributed by atoms with Gasteiger partial charge < -0.3 is 4.74 Å².